The average molecular weight is 732 g/mol. The van der Waals surface area contributed by atoms with Crippen LogP contribution in [0.5, 0.6) is 0 Å². The van der Waals surface area contributed by atoms with Crippen molar-refractivity contribution in [2.75, 3.05) is 33.3 Å². The predicted molar refractivity (Wildman–Crippen MR) is 195 cm³/mol. The second kappa shape index (κ2) is 13.3. The number of rotatable bonds is 6. The van der Waals surface area contributed by atoms with Gasteiger partial charge in [-0.1, -0.05) is 89.9 Å². The highest BCUT2D eigenvalue weighted by Gasteiger charge is 2.61. The van der Waals surface area contributed by atoms with Crippen molar-refractivity contribution < 1.29 is 42.9 Å². The molecule has 1 spiro atoms. The van der Waals surface area contributed by atoms with Crippen LogP contribution in [0, 0.1) is 6.92 Å². The van der Waals surface area contributed by atoms with Gasteiger partial charge < -0.3 is 23.8 Å². The molecule has 0 fully saturated rings. The molecule has 3 heterocycles. The largest absolute Gasteiger partial charge is 0.466 e. The minimum atomic E-state index is -1.64. The SMILES string of the molecule is COC(=O)C1=C(C(=O)OC)SC2(S1)C(C(=O)OC)=C(C(=O)OC)SC1=C2c2ccc(C)cc2N(C(=O)Cc2cccc3ccccc23)C1(C)C. The van der Waals surface area contributed by atoms with Crippen LogP contribution in [0.3, 0.4) is 0 Å². The van der Waals surface area contributed by atoms with Gasteiger partial charge in [0.05, 0.1) is 51.7 Å². The Kier molecular flexibility index (Phi) is 9.44. The molecule has 0 N–H and O–H groups in total. The van der Waals surface area contributed by atoms with E-state index in [9.17, 15) is 24.0 Å². The standard InChI is InChI=1S/C37H33NO9S3/c1-19-15-16-23-24(17-19)38(25(39)18-21-13-10-12-20-11-8-9-14-22(20)21)36(2,3)31-26(23)37(27(32(40)44-4)28(48-31)33(41)45-5)49-29(34(42)46-6)30(50-37)35(43)47-7/h8-17H,18H2,1-7H3. The maximum atomic E-state index is 14.7. The van der Waals surface area contributed by atoms with Gasteiger partial charge in [0.25, 0.3) is 0 Å². The smallest absolute Gasteiger partial charge is 0.345 e. The third kappa shape index (κ3) is 5.51. The molecular formula is C37H33NO9S3. The fraction of sp³-hybridized carbons (Fsp3) is 0.270. The molecule has 13 heteroatoms. The topological polar surface area (TPSA) is 126 Å². The number of carbonyl (C=O) groups excluding carboxylic acids is 5. The molecular weight excluding hydrogens is 699 g/mol. The molecule has 3 aliphatic heterocycles. The van der Waals surface area contributed by atoms with E-state index in [1.807, 2.05) is 81.4 Å². The quantitative estimate of drug-likeness (QED) is 0.209. The molecule has 3 aliphatic rings. The lowest BCUT2D eigenvalue weighted by molar-refractivity contribution is -0.138. The molecule has 0 atom stereocenters. The van der Waals surface area contributed by atoms with Crippen molar-refractivity contribution in [2.24, 2.45) is 0 Å². The number of anilines is 1. The summed E-state index contributed by atoms with van der Waals surface area (Å²) in [5, 5.41) is 1.97. The summed E-state index contributed by atoms with van der Waals surface area (Å²) in [6.45, 7) is 5.65. The summed E-state index contributed by atoms with van der Waals surface area (Å²) in [6.07, 6.45) is 0.0771. The zero-order valence-corrected chi connectivity index (χ0v) is 30.8. The number of benzene rings is 3. The van der Waals surface area contributed by atoms with Crippen molar-refractivity contribution in [3.63, 3.8) is 0 Å². The molecule has 258 valence electrons. The van der Waals surface area contributed by atoms with E-state index < -0.39 is 33.5 Å². The van der Waals surface area contributed by atoms with Crippen LogP contribution in [0.1, 0.15) is 30.5 Å². The molecule has 0 aliphatic carbocycles. The first-order valence-electron chi connectivity index (χ1n) is 15.4. The number of aryl methyl sites for hydroxylation is 1. The van der Waals surface area contributed by atoms with Gasteiger partial charge in [-0.25, -0.2) is 19.2 Å². The first kappa shape index (κ1) is 35.4. The van der Waals surface area contributed by atoms with E-state index in [2.05, 4.69) is 0 Å². The Morgan fingerprint density at radius 3 is 1.92 bits per heavy atom. The molecule has 50 heavy (non-hydrogen) atoms. The van der Waals surface area contributed by atoms with Crippen LogP contribution in [0.15, 0.2) is 85.9 Å². The highest BCUT2D eigenvalue weighted by Crippen LogP contribution is 2.71. The molecule has 0 saturated carbocycles. The van der Waals surface area contributed by atoms with E-state index in [1.165, 1.54) is 28.4 Å². The predicted octanol–water partition coefficient (Wildman–Crippen LogP) is 6.31. The van der Waals surface area contributed by atoms with Crippen molar-refractivity contribution in [3.05, 3.63) is 103 Å². The van der Waals surface area contributed by atoms with Gasteiger partial charge in [0.2, 0.25) is 5.91 Å². The zero-order chi connectivity index (χ0) is 36.1. The van der Waals surface area contributed by atoms with Gasteiger partial charge in [0, 0.05) is 16.0 Å². The van der Waals surface area contributed by atoms with E-state index >= 15 is 0 Å². The molecule has 0 radical (unpaired) electrons. The van der Waals surface area contributed by atoms with Gasteiger partial charge in [-0.2, -0.15) is 0 Å². The summed E-state index contributed by atoms with van der Waals surface area (Å²) < 4.78 is 19.0. The Bertz CT molecular complexity index is 2080. The number of thioether (sulfide) groups is 3. The van der Waals surface area contributed by atoms with Crippen molar-refractivity contribution in [1.82, 2.24) is 0 Å². The fourth-order valence-corrected chi connectivity index (χ4v) is 11.6. The molecule has 3 aromatic rings. The molecule has 0 saturated heterocycles. The number of hydrogen-bond acceptors (Lipinski definition) is 12. The lowest BCUT2D eigenvalue weighted by atomic mass is 9.82. The van der Waals surface area contributed by atoms with Gasteiger partial charge in [0.1, 0.15) is 18.8 Å². The monoisotopic (exact) mass is 731 g/mol. The first-order chi connectivity index (χ1) is 23.8. The minimum Gasteiger partial charge on any atom is -0.466 e. The van der Waals surface area contributed by atoms with Gasteiger partial charge in [-0.15, -0.1) is 0 Å². The Hall–Kier alpha value is -4.46. The van der Waals surface area contributed by atoms with E-state index in [1.54, 1.807) is 4.90 Å². The number of amides is 1. The normalized spacial score (nSPS) is 17.4. The number of ether oxygens (including phenoxy) is 4. The Morgan fingerprint density at radius 2 is 1.30 bits per heavy atom. The Balaban J connectivity index is 1.63. The third-order valence-corrected chi connectivity index (χ3v) is 13.4. The van der Waals surface area contributed by atoms with Crippen molar-refractivity contribution >= 4 is 87.1 Å². The number of hydrogen-bond donors (Lipinski definition) is 0. The maximum absolute atomic E-state index is 14.7. The summed E-state index contributed by atoms with van der Waals surface area (Å²) in [5.41, 5.74) is 2.14. The van der Waals surface area contributed by atoms with Crippen LogP contribution in [0.2, 0.25) is 0 Å². The van der Waals surface area contributed by atoms with E-state index in [0.717, 1.165) is 57.2 Å². The van der Waals surface area contributed by atoms with Crippen LogP contribution in [-0.4, -0.2) is 67.8 Å². The van der Waals surface area contributed by atoms with Crippen molar-refractivity contribution in [2.45, 2.75) is 36.8 Å². The summed E-state index contributed by atoms with van der Waals surface area (Å²) in [7, 11) is 4.74. The molecule has 3 aromatic carbocycles. The highest BCUT2D eigenvalue weighted by molar-refractivity contribution is 8.26. The van der Waals surface area contributed by atoms with Crippen LogP contribution in [-0.2, 0) is 49.3 Å². The number of nitrogens with zero attached hydrogens (tertiary/aromatic N) is 1. The fourth-order valence-electron chi connectivity index (χ4n) is 6.56. The van der Waals surface area contributed by atoms with Gasteiger partial charge in [0.15, 0.2) is 0 Å². The van der Waals surface area contributed by atoms with Crippen LogP contribution in [0.25, 0.3) is 16.3 Å². The molecule has 1 amide bonds. The van der Waals surface area contributed by atoms with Gasteiger partial charge >= 0.3 is 23.9 Å². The number of carbonyl (C=O) groups is 5. The molecule has 0 unspecified atom stereocenters. The van der Waals surface area contributed by atoms with Crippen LogP contribution < -0.4 is 4.90 Å². The van der Waals surface area contributed by atoms with Crippen LogP contribution in [0.4, 0.5) is 5.69 Å². The molecule has 10 nitrogen and oxygen atoms in total. The number of methoxy groups -OCH3 is 4. The van der Waals surface area contributed by atoms with E-state index in [-0.39, 0.29) is 32.6 Å². The molecule has 0 aromatic heterocycles. The Morgan fingerprint density at radius 1 is 0.720 bits per heavy atom. The highest BCUT2D eigenvalue weighted by atomic mass is 32.2. The van der Waals surface area contributed by atoms with Gasteiger partial charge in [-0.05, 0) is 48.7 Å². The lowest BCUT2D eigenvalue weighted by Crippen LogP contribution is -2.54. The second-order valence-corrected chi connectivity index (χ2v) is 15.8. The summed E-state index contributed by atoms with van der Waals surface area (Å²) >= 11 is 2.80. The molecule has 6 rings (SSSR count). The minimum absolute atomic E-state index is 0.0771. The average Bonchev–Trinajstić information content (AvgIpc) is 3.50. The van der Waals surface area contributed by atoms with E-state index in [0.29, 0.717) is 21.7 Å². The maximum Gasteiger partial charge on any atom is 0.345 e. The van der Waals surface area contributed by atoms with Crippen molar-refractivity contribution in [1.29, 1.82) is 0 Å². The van der Waals surface area contributed by atoms with Crippen molar-refractivity contribution in [3.8, 4) is 0 Å². The summed E-state index contributed by atoms with van der Waals surface area (Å²) in [4.78, 5) is 70.7. The first-order valence-corrected chi connectivity index (χ1v) is 17.8. The molecule has 0 bridgehead atoms. The second-order valence-electron chi connectivity index (χ2n) is 12.1. The van der Waals surface area contributed by atoms with Gasteiger partial charge in [-0.3, -0.25) is 4.79 Å². The summed E-state index contributed by atoms with van der Waals surface area (Å²) in [5.74, 6) is -3.53. The Labute approximate surface area is 301 Å². The lowest BCUT2D eigenvalue weighted by Gasteiger charge is -2.51. The summed E-state index contributed by atoms with van der Waals surface area (Å²) in [6, 6.07) is 19.4. The van der Waals surface area contributed by atoms with E-state index in [4.69, 9.17) is 18.9 Å². The number of fused-ring (bicyclic) bond motifs is 4. The number of esters is 4. The zero-order valence-electron chi connectivity index (χ0n) is 28.3. The third-order valence-electron chi connectivity index (χ3n) is 8.77. The van der Waals surface area contributed by atoms with Crippen LogP contribution >= 0.6 is 35.3 Å².